The van der Waals surface area contributed by atoms with Crippen LogP contribution < -0.4 is 4.90 Å². The Morgan fingerprint density at radius 2 is 1.66 bits per heavy atom. The molecule has 2 aliphatic rings. The number of β-amino-alcohol motifs (C(OH)–C–C–N with tert-alkyl or cyclic N) is 1. The smallest absolute Gasteiger partial charge is 0.390 e. The molecule has 2 aliphatic heterocycles. The number of carbonyl (C=O) groups excluding carboxylic acids is 1. The summed E-state index contributed by atoms with van der Waals surface area (Å²) in [6.07, 6.45) is -2.26. The van der Waals surface area contributed by atoms with Gasteiger partial charge in [-0.25, -0.2) is 4.98 Å². The van der Waals surface area contributed by atoms with Gasteiger partial charge in [-0.1, -0.05) is 0 Å². The predicted molar refractivity (Wildman–Crippen MR) is 103 cm³/mol. The largest absolute Gasteiger partial charge is 0.417 e. The lowest BCUT2D eigenvalue weighted by Gasteiger charge is -2.34. The van der Waals surface area contributed by atoms with E-state index in [9.17, 15) is 23.1 Å². The zero-order valence-corrected chi connectivity index (χ0v) is 16.4. The average Bonchev–Trinajstić information content (AvgIpc) is 2.93. The molecule has 0 bridgehead atoms. The number of alkyl halides is 3. The quantitative estimate of drug-likeness (QED) is 0.692. The molecule has 3 rings (SSSR count). The van der Waals surface area contributed by atoms with Gasteiger partial charge in [0.1, 0.15) is 5.82 Å². The molecule has 0 spiro atoms. The highest BCUT2D eigenvalue weighted by Crippen LogP contribution is 2.29. The Morgan fingerprint density at radius 1 is 1.00 bits per heavy atom. The molecule has 1 unspecified atom stereocenters. The zero-order valence-electron chi connectivity index (χ0n) is 16.4. The van der Waals surface area contributed by atoms with Gasteiger partial charge < -0.3 is 14.9 Å². The van der Waals surface area contributed by atoms with E-state index < -0.39 is 17.8 Å². The van der Waals surface area contributed by atoms with E-state index in [-0.39, 0.29) is 0 Å². The highest BCUT2D eigenvalue weighted by molar-refractivity contribution is 5.47. The number of pyridine rings is 1. The van der Waals surface area contributed by atoms with E-state index in [0.29, 0.717) is 38.5 Å². The van der Waals surface area contributed by atoms with Gasteiger partial charge in [0.2, 0.25) is 6.41 Å². The van der Waals surface area contributed by atoms with Gasteiger partial charge in [-0.2, -0.15) is 13.2 Å². The Labute approximate surface area is 168 Å². The lowest BCUT2D eigenvalue weighted by molar-refractivity contribution is -0.137. The lowest BCUT2D eigenvalue weighted by Crippen LogP contribution is -2.49. The van der Waals surface area contributed by atoms with Gasteiger partial charge >= 0.3 is 6.18 Å². The molecule has 2 fully saturated rings. The van der Waals surface area contributed by atoms with Gasteiger partial charge in [-0.15, -0.1) is 0 Å². The average molecular weight is 415 g/mol. The summed E-state index contributed by atoms with van der Waals surface area (Å²) in [7, 11) is 0. The van der Waals surface area contributed by atoms with Crippen molar-refractivity contribution in [1.29, 1.82) is 0 Å². The van der Waals surface area contributed by atoms with E-state index >= 15 is 0 Å². The molecule has 1 N–H and O–H groups in total. The molecule has 1 amide bonds. The van der Waals surface area contributed by atoms with Crippen LogP contribution in [0.15, 0.2) is 18.3 Å². The van der Waals surface area contributed by atoms with Crippen molar-refractivity contribution in [3.63, 3.8) is 0 Å². The molecule has 0 radical (unpaired) electrons. The highest BCUT2D eigenvalue weighted by Gasteiger charge is 2.31. The number of aromatic nitrogens is 1. The van der Waals surface area contributed by atoms with E-state index in [0.717, 1.165) is 57.8 Å². The zero-order chi connectivity index (χ0) is 20.9. The topological polar surface area (TPSA) is 63.2 Å². The van der Waals surface area contributed by atoms with Gasteiger partial charge in [0, 0.05) is 65.1 Å². The maximum absolute atomic E-state index is 12.7. The molecule has 0 aromatic carbocycles. The third-order valence-electron chi connectivity index (χ3n) is 5.48. The minimum Gasteiger partial charge on any atom is -0.390 e. The molecule has 10 heteroatoms. The third-order valence-corrected chi connectivity index (χ3v) is 5.48. The molecule has 162 valence electrons. The molecular weight excluding hydrogens is 387 g/mol. The van der Waals surface area contributed by atoms with Crippen molar-refractivity contribution in [3.05, 3.63) is 23.9 Å². The minimum atomic E-state index is -4.38. The standard InChI is InChI=1S/C19H28F3N5O2/c20-19(21,22)16-2-3-18(23-12-16)27-5-1-4-24(10-11-27)13-17(29)14-25-6-8-26(15-28)9-7-25/h2-3,12,15,17,29H,1,4-11,13-14H2. The fourth-order valence-electron chi connectivity index (χ4n) is 3.83. The van der Waals surface area contributed by atoms with Crippen LogP contribution >= 0.6 is 0 Å². The van der Waals surface area contributed by atoms with Crippen LogP contribution in [0.3, 0.4) is 0 Å². The van der Waals surface area contributed by atoms with Crippen LogP contribution in [0, 0.1) is 0 Å². The first-order valence-corrected chi connectivity index (χ1v) is 9.95. The Balaban J connectivity index is 1.45. The van der Waals surface area contributed by atoms with Crippen LogP contribution in [-0.4, -0.2) is 103 Å². The van der Waals surface area contributed by atoms with Crippen molar-refractivity contribution in [1.82, 2.24) is 19.7 Å². The first-order chi connectivity index (χ1) is 13.8. The van der Waals surface area contributed by atoms with Crippen LogP contribution in [0.2, 0.25) is 0 Å². The fourth-order valence-corrected chi connectivity index (χ4v) is 3.83. The van der Waals surface area contributed by atoms with E-state index in [1.54, 1.807) is 4.90 Å². The number of amides is 1. The van der Waals surface area contributed by atoms with Crippen LogP contribution in [-0.2, 0) is 11.0 Å². The van der Waals surface area contributed by atoms with Crippen molar-refractivity contribution >= 4 is 12.2 Å². The second-order valence-corrected chi connectivity index (χ2v) is 7.64. The Kier molecular flexibility index (Phi) is 7.31. The van der Waals surface area contributed by atoms with Gasteiger partial charge in [0.25, 0.3) is 0 Å². The number of carbonyl (C=O) groups is 1. The summed E-state index contributed by atoms with van der Waals surface area (Å²) < 4.78 is 38.1. The number of aliphatic hydroxyl groups excluding tert-OH is 1. The lowest BCUT2D eigenvalue weighted by atomic mass is 10.2. The number of nitrogens with zero attached hydrogens (tertiary/aromatic N) is 5. The maximum atomic E-state index is 12.7. The monoisotopic (exact) mass is 415 g/mol. The first kappa shape index (κ1) is 21.8. The number of hydrogen-bond donors (Lipinski definition) is 1. The molecule has 1 atom stereocenters. The molecular formula is C19H28F3N5O2. The van der Waals surface area contributed by atoms with Crippen molar-refractivity contribution in [2.24, 2.45) is 0 Å². The summed E-state index contributed by atoms with van der Waals surface area (Å²) in [6.45, 7) is 6.97. The Bertz CT molecular complexity index is 650. The predicted octanol–water partition coefficient (Wildman–Crippen LogP) is 0.747. The minimum absolute atomic E-state index is 0.478. The number of rotatable bonds is 6. The summed E-state index contributed by atoms with van der Waals surface area (Å²) in [4.78, 5) is 22.8. The summed E-state index contributed by atoms with van der Waals surface area (Å²) in [5, 5.41) is 10.5. The van der Waals surface area contributed by atoms with Crippen LogP contribution in [0.25, 0.3) is 0 Å². The van der Waals surface area contributed by atoms with Gasteiger partial charge in [0.15, 0.2) is 0 Å². The number of hydrogen-bond acceptors (Lipinski definition) is 6. The highest BCUT2D eigenvalue weighted by atomic mass is 19.4. The van der Waals surface area contributed by atoms with Crippen molar-refractivity contribution in [2.45, 2.75) is 18.7 Å². The van der Waals surface area contributed by atoms with Gasteiger partial charge in [-0.05, 0) is 25.1 Å². The summed E-state index contributed by atoms with van der Waals surface area (Å²) in [6, 6.07) is 2.49. The molecule has 0 aliphatic carbocycles. The third kappa shape index (κ3) is 6.28. The van der Waals surface area contributed by atoms with Gasteiger partial charge in [-0.3, -0.25) is 14.6 Å². The van der Waals surface area contributed by atoms with Crippen molar-refractivity contribution in [3.8, 4) is 0 Å². The molecule has 1 aromatic rings. The normalized spacial score (nSPS) is 21.1. The Morgan fingerprint density at radius 3 is 2.24 bits per heavy atom. The van der Waals surface area contributed by atoms with Crippen LogP contribution in [0.5, 0.6) is 0 Å². The number of halogens is 3. The number of anilines is 1. The summed E-state index contributed by atoms with van der Waals surface area (Å²) in [5.41, 5.74) is -0.741. The van der Waals surface area contributed by atoms with Crippen LogP contribution in [0.1, 0.15) is 12.0 Å². The van der Waals surface area contributed by atoms with Gasteiger partial charge in [0.05, 0.1) is 11.7 Å². The second kappa shape index (κ2) is 9.73. The number of piperazine rings is 1. The van der Waals surface area contributed by atoms with E-state index in [1.165, 1.54) is 6.07 Å². The molecule has 2 saturated heterocycles. The first-order valence-electron chi connectivity index (χ1n) is 9.95. The van der Waals surface area contributed by atoms with Crippen molar-refractivity contribution < 1.29 is 23.1 Å². The SMILES string of the molecule is O=CN1CCN(CC(O)CN2CCCN(c3ccc(C(F)(F)F)cn3)CC2)CC1. The van der Waals surface area contributed by atoms with E-state index in [1.807, 2.05) is 4.90 Å². The molecule has 1 aromatic heterocycles. The molecule has 7 nitrogen and oxygen atoms in total. The molecule has 3 heterocycles. The molecule has 29 heavy (non-hydrogen) atoms. The summed E-state index contributed by atoms with van der Waals surface area (Å²) in [5.74, 6) is 0.549. The maximum Gasteiger partial charge on any atom is 0.417 e. The molecule has 0 saturated carbocycles. The number of aliphatic hydroxyl groups is 1. The van der Waals surface area contributed by atoms with E-state index in [4.69, 9.17) is 0 Å². The van der Waals surface area contributed by atoms with Crippen molar-refractivity contribution in [2.75, 3.05) is 70.3 Å². The Hall–Kier alpha value is -1.91. The second-order valence-electron chi connectivity index (χ2n) is 7.64. The van der Waals surface area contributed by atoms with E-state index in [2.05, 4.69) is 14.8 Å². The summed E-state index contributed by atoms with van der Waals surface area (Å²) >= 11 is 0. The van der Waals surface area contributed by atoms with Crippen LogP contribution in [0.4, 0.5) is 19.0 Å². The fraction of sp³-hybridized carbons (Fsp3) is 0.684.